The van der Waals surface area contributed by atoms with Crippen LogP contribution in [0.25, 0.3) is 0 Å². The summed E-state index contributed by atoms with van der Waals surface area (Å²) >= 11 is 6.58. The standard InChI is InChI=1S/C31H33ClO6/c1-4-35-26-13-10-22(11-14-26)17-25-18-24(12-15-28(25)32)30-29(37-21(3)33)20(2)16-27(38-30)19-36-31(34)23-8-6-5-7-9-23/h5-15,18,20,27,29-30H,4,16-17,19H2,1-3H3. The molecule has 1 aliphatic heterocycles. The summed E-state index contributed by atoms with van der Waals surface area (Å²) in [7, 11) is 0. The summed E-state index contributed by atoms with van der Waals surface area (Å²) in [6.45, 7) is 6.09. The van der Waals surface area contributed by atoms with E-state index in [2.05, 4.69) is 0 Å². The number of benzene rings is 3. The first kappa shape index (κ1) is 27.7. The molecule has 0 aliphatic carbocycles. The Labute approximate surface area is 228 Å². The fourth-order valence-corrected chi connectivity index (χ4v) is 4.94. The van der Waals surface area contributed by atoms with Gasteiger partial charge in [0.05, 0.1) is 18.3 Å². The van der Waals surface area contributed by atoms with Crippen LogP contribution in [-0.4, -0.2) is 37.4 Å². The van der Waals surface area contributed by atoms with Crippen LogP contribution in [0.5, 0.6) is 5.75 Å². The predicted molar refractivity (Wildman–Crippen MR) is 146 cm³/mol. The molecule has 6 nitrogen and oxygen atoms in total. The van der Waals surface area contributed by atoms with Crippen molar-refractivity contribution in [2.24, 2.45) is 5.92 Å². The normalized spacial score (nSPS) is 20.9. The van der Waals surface area contributed by atoms with Gasteiger partial charge >= 0.3 is 11.9 Å². The van der Waals surface area contributed by atoms with Gasteiger partial charge in [-0.1, -0.05) is 61.0 Å². The number of hydrogen-bond acceptors (Lipinski definition) is 6. The first-order valence-electron chi connectivity index (χ1n) is 12.9. The van der Waals surface area contributed by atoms with Crippen LogP contribution in [-0.2, 0) is 25.4 Å². The van der Waals surface area contributed by atoms with Crippen molar-refractivity contribution in [3.8, 4) is 5.75 Å². The Balaban J connectivity index is 1.53. The lowest BCUT2D eigenvalue weighted by Gasteiger charge is -2.40. The smallest absolute Gasteiger partial charge is 0.338 e. The van der Waals surface area contributed by atoms with Gasteiger partial charge in [0.2, 0.25) is 0 Å². The molecule has 4 rings (SSSR count). The lowest BCUT2D eigenvalue weighted by molar-refractivity contribution is -0.186. The fraction of sp³-hybridized carbons (Fsp3) is 0.355. The predicted octanol–water partition coefficient (Wildman–Crippen LogP) is 6.58. The van der Waals surface area contributed by atoms with E-state index in [1.807, 2.05) is 62.4 Å². The molecule has 3 aromatic rings. The average Bonchev–Trinajstić information content (AvgIpc) is 2.91. The molecule has 3 aromatic carbocycles. The lowest BCUT2D eigenvalue weighted by atomic mass is 9.86. The van der Waals surface area contributed by atoms with Crippen LogP contribution in [0.1, 0.15) is 60.3 Å². The number of carbonyl (C=O) groups is 2. The average molecular weight is 537 g/mol. The Morgan fingerprint density at radius 1 is 1.03 bits per heavy atom. The molecule has 4 unspecified atom stereocenters. The van der Waals surface area contributed by atoms with Crippen molar-refractivity contribution in [1.82, 2.24) is 0 Å². The zero-order valence-corrected chi connectivity index (χ0v) is 22.6. The summed E-state index contributed by atoms with van der Waals surface area (Å²) in [4.78, 5) is 24.4. The van der Waals surface area contributed by atoms with E-state index in [1.54, 1.807) is 24.3 Å². The quantitative estimate of drug-likeness (QED) is 0.287. The molecular weight excluding hydrogens is 504 g/mol. The second kappa shape index (κ2) is 12.9. The highest BCUT2D eigenvalue weighted by Gasteiger charge is 2.40. The summed E-state index contributed by atoms with van der Waals surface area (Å²) in [5.41, 5.74) is 3.37. The number of ether oxygens (including phenoxy) is 4. The van der Waals surface area contributed by atoms with Crippen molar-refractivity contribution >= 4 is 23.5 Å². The van der Waals surface area contributed by atoms with Crippen molar-refractivity contribution in [2.75, 3.05) is 13.2 Å². The van der Waals surface area contributed by atoms with Gasteiger partial charge in [0.25, 0.3) is 0 Å². The molecule has 0 bridgehead atoms. The van der Waals surface area contributed by atoms with E-state index >= 15 is 0 Å². The van der Waals surface area contributed by atoms with E-state index in [9.17, 15) is 9.59 Å². The van der Waals surface area contributed by atoms with Crippen molar-refractivity contribution in [2.45, 2.75) is 51.9 Å². The molecule has 200 valence electrons. The molecular formula is C31H33ClO6. The summed E-state index contributed by atoms with van der Waals surface area (Å²) < 4.78 is 23.2. The maximum Gasteiger partial charge on any atom is 0.338 e. The van der Waals surface area contributed by atoms with Crippen molar-refractivity contribution in [3.63, 3.8) is 0 Å². The largest absolute Gasteiger partial charge is 0.494 e. The van der Waals surface area contributed by atoms with E-state index in [0.717, 1.165) is 22.4 Å². The molecule has 0 radical (unpaired) electrons. The van der Waals surface area contributed by atoms with Crippen LogP contribution in [0, 0.1) is 5.92 Å². The zero-order chi connectivity index (χ0) is 27.1. The fourth-order valence-electron chi connectivity index (χ4n) is 4.76. The molecule has 7 heteroatoms. The lowest BCUT2D eigenvalue weighted by Crippen LogP contribution is -2.43. The second-order valence-electron chi connectivity index (χ2n) is 9.53. The molecule has 1 saturated heterocycles. The monoisotopic (exact) mass is 536 g/mol. The van der Waals surface area contributed by atoms with E-state index in [4.69, 9.17) is 30.5 Å². The van der Waals surface area contributed by atoms with Crippen molar-refractivity contribution in [3.05, 3.63) is 100 Å². The van der Waals surface area contributed by atoms with Crippen LogP contribution >= 0.6 is 11.6 Å². The Kier molecular flexibility index (Phi) is 9.43. The molecule has 38 heavy (non-hydrogen) atoms. The molecule has 0 aromatic heterocycles. The molecule has 0 spiro atoms. The summed E-state index contributed by atoms with van der Waals surface area (Å²) in [5.74, 6) is 0.0462. The second-order valence-corrected chi connectivity index (χ2v) is 9.94. The van der Waals surface area contributed by atoms with Crippen molar-refractivity contribution < 1.29 is 28.5 Å². The Morgan fingerprint density at radius 3 is 2.45 bits per heavy atom. The molecule has 4 atom stereocenters. The van der Waals surface area contributed by atoms with Gasteiger partial charge in [-0.15, -0.1) is 0 Å². The third-order valence-corrected chi connectivity index (χ3v) is 6.94. The van der Waals surface area contributed by atoms with Gasteiger partial charge in [0, 0.05) is 11.9 Å². The molecule has 0 N–H and O–H groups in total. The van der Waals surface area contributed by atoms with Gasteiger partial charge in [-0.05, 0) is 72.7 Å². The van der Waals surface area contributed by atoms with Crippen LogP contribution in [0.4, 0.5) is 0 Å². The van der Waals surface area contributed by atoms with Crippen LogP contribution in [0.15, 0.2) is 72.8 Å². The van der Waals surface area contributed by atoms with Gasteiger partial charge in [-0.2, -0.15) is 0 Å². The van der Waals surface area contributed by atoms with E-state index in [1.165, 1.54) is 6.92 Å². The highest BCUT2D eigenvalue weighted by atomic mass is 35.5. The molecule has 0 saturated carbocycles. The highest BCUT2D eigenvalue weighted by Crippen LogP contribution is 2.39. The minimum absolute atomic E-state index is 0.0108. The number of esters is 2. The Bertz CT molecular complexity index is 1230. The number of hydrogen-bond donors (Lipinski definition) is 0. The van der Waals surface area contributed by atoms with E-state index in [-0.39, 0.29) is 24.6 Å². The maximum atomic E-state index is 12.5. The molecule has 1 aliphatic rings. The van der Waals surface area contributed by atoms with Gasteiger partial charge in [0.1, 0.15) is 24.6 Å². The molecule has 1 fully saturated rings. The topological polar surface area (TPSA) is 71.1 Å². The molecule has 1 heterocycles. The van der Waals surface area contributed by atoms with Crippen LogP contribution < -0.4 is 4.74 Å². The van der Waals surface area contributed by atoms with Crippen LogP contribution in [0.2, 0.25) is 5.02 Å². The maximum absolute atomic E-state index is 12.5. The van der Waals surface area contributed by atoms with Crippen molar-refractivity contribution in [1.29, 1.82) is 0 Å². The number of halogens is 1. The number of rotatable bonds is 9. The zero-order valence-electron chi connectivity index (χ0n) is 21.9. The molecule has 0 amide bonds. The highest BCUT2D eigenvalue weighted by molar-refractivity contribution is 6.31. The summed E-state index contributed by atoms with van der Waals surface area (Å²) in [5, 5.41) is 0.642. The third-order valence-electron chi connectivity index (χ3n) is 6.57. The minimum atomic E-state index is -0.528. The summed E-state index contributed by atoms with van der Waals surface area (Å²) in [6, 6.07) is 22.5. The van der Waals surface area contributed by atoms with Gasteiger partial charge in [-0.3, -0.25) is 4.79 Å². The van der Waals surface area contributed by atoms with Crippen LogP contribution in [0.3, 0.4) is 0 Å². The Hall–Kier alpha value is -3.35. The summed E-state index contributed by atoms with van der Waals surface area (Å²) in [6.07, 6.45) is -0.145. The first-order chi connectivity index (χ1) is 18.3. The van der Waals surface area contributed by atoms with E-state index in [0.29, 0.717) is 30.0 Å². The Morgan fingerprint density at radius 2 is 1.76 bits per heavy atom. The van der Waals surface area contributed by atoms with Gasteiger partial charge in [0.15, 0.2) is 0 Å². The first-order valence-corrected chi connectivity index (χ1v) is 13.3. The SMILES string of the molecule is CCOc1ccc(Cc2cc(C3OC(COC(=O)c4ccccc4)CC(C)C3OC(C)=O)ccc2Cl)cc1. The van der Waals surface area contributed by atoms with Gasteiger partial charge in [-0.25, -0.2) is 4.79 Å². The van der Waals surface area contributed by atoms with E-state index < -0.39 is 18.2 Å². The minimum Gasteiger partial charge on any atom is -0.494 e. The third kappa shape index (κ3) is 7.15. The van der Waals surface area contributed by atoms with Gasteiger partial charge < -0.3 is 18.9 Å². The number of carbonyl (C=O) groups excluding carboxylic acids is 2.